The van der Waals surface area contributed by atoms with E-state index in [1.54, 1.807) is 24.0 Å². The van der Waals surface area contributed by atoms with Crippen LogP contribution in [-0.4, -0.2) is 51.7 Å². The van der Waals surface area contributed by atoms with Gasteiger partial charge in [0.15, 0.2) is 5.82 Å². The molecule has 2 aliphatic heterocycles. The second-order valence-corrected chi connectivity index (χ2v) is 8.17. The standard InChI is InChI=1S/C23H28FN5O2/c1-15(30)28-13-11-19-18(14-28)22(25-2)27-23(26-19)20-4-3-12-29(20)21(31)10-7-16-5-8-17(24)9-6-16/h5-6,8-9,20H,3-4,7,10-14H2,1-2H3,(H,25,26,27)/t20-/m0/s1. The number of benzene rings is 1. The molecule has 1 aromatic heterocycles. The molecule has 4 rings (SSSR count). The third kappa shape index (κ3) is 4.52. The van der Waals surface area contributed by atoms with Gasteiger partial charge in [-0.1, -0.05) is 12.1 Å². The zero-order valence-electron chi connectivity index (χ0n) is 18.0. The van der Waals surface area contributed by atoms with E-state index in [1.807, 2.05) is 11.9 Å². The van der Waals surface area contributed by atoms with E-state index in [-0.39, 0.29) is 23.7 Å². The maximum absolute atomic E-state index is 13.1. The van der Waals surface area contributed by atoms with Crippen LogP contribution >= 0.6 is 0 Å². The number of nitrogens with zero attached hydrogens (tertiary/aromatic N) is 4. The van der Waals surface area contributed by atoms with Crippen molar-refractivity contribution in [2.24, 2.45) is 0 Å². The lowest BCUT2D eigenvalue weighted by Gasteiger charge is -2.30. The molecular weight excluding hydrogens is 397 g/mol. The predicted octanol–water partition coefficient (Wildman–Crippen LogP) is 2.86. The zero-order valence-corrected chi connectivity index (χ0v) is 18.0. The van der Waals surface area contributed by atoms with Gasteiger partial charge in [0.1, 0.15) is 11.6 Å². The van der Waals surface area contributed by atoms with Crippen molar-refractivity contribution in [3.05, 3.63) is 52.7 Å². The molecule has 0 radical (unpaired) electrons. The maximum Gasteiger partial charge on any atom is 0.223 e. The number of hydrogen-bond acceptors (Lipinski definition) is 5. The van der Waals surface area contributed by atoms with Crippen LogP contribution in [-0.2, 0) is 29.0 Å². The van der Waals surface area contributed by atoms with Crippen molar-refractivity contribution in [2.75, 3.05) is 25.5 Å². The first-order chi connectivity index (χ1) is 15.0. The van der Waals surface area contributed by atoms with Gasteiger partial charge in [-0.15, -0.1) is 0 Å². The Balaban J connectivity index is 1.51. The molecule has 2 amide bonds. The van der Waals surface area contributed by atoms with Gasteiger partial charge in [0, 0.05) is 45.5 Å². The summed E-state index contributed by atoms with van der Waals surface area (Å²) in [6.45, 7) is 3.42. The summed E-state index contributed by atoms with van der Waals surface area (Å²) in [5.41, 5.74) is 2.86. The van der Waals surface area contributed by atoms with E-state index in [9.17, 15) is 14.0 Å². The number of nitrogens with one attached hydrogen (secondary N) is 1. The van der Waals surface area contributed by atoms with Gasteiger partial charge in [-0.25, -0.2) is 14.4 Å². The highest BCUT2D eigenvalue weighted by Gasteiger charge is 2.33. The third-order valence-electron chi connectivity index (χ3n) is 6.17. The average Bonchev–Trinajstić information content (AvgIpc) is 3.27. The average molecular weight is 426 g/mol. The second kappa shape index (κ2) is 8.99. The molecule has 2 aromatic rings. The summed E-state index contributed by atoms with van der Waals surface area (Å²) in [5, 5.41) is 3.15. The molecule has 0 saturated carbocycles. The lowest BCUT2D eigenvalue weighted by atomic mass is 10.0. The van der Waals surface area contributed by atoms with E-state index in [1.165, 1.54) is 12.1 Å². The van der Waals surface area contributed by atoms with Gasteiger partial charge >= 0.3 is 0 Å². The number of aryl methyl sites for hydroxylation is 1. The largest absolute Gasteiger partial charge is 0.373 e. The van der Waals surface area contributed by atoms with Crippen LogP contribution in [0.1, 0.15) is 54.9 Å². The molecule has 0 spiro atoms. The number of hydrogen-bond donors (Lipinski definition) is 1. The summed E-state index contributed by atoms with van der Waals surface area (Å²) in [5.74, 6) is 1.25. The number of fused-ring (bicyclic) bond motifs is 1. The topological polar surface area (TPSA) is 78.4 Å². The molecule has 1 N–H and O–H groups in total. The number of rotatable bonds is 5. The number of carbonyl (C=O) groups is 2. The van der Waals surface area contributed by atoms with Crippen LogP contribution in [0.4, 0.5) is 10.2 Å². The summed E-state index contributed by atoms with van der Waals surface area (Å²) in [4.78, 5) is 38.0. The Morgan fingerprint density at radius 3 is 2.68 bits per heavy atom. The van der Waals surface area contributed by atoms with E-state index >= 15 is 0 Å². The van der Waals surface area contributed by atoms with Crippen LogP contribution in [0, 0.1) is 5.82 Å². The Labute approximate surface area is 181 Å². The number of amides is 2. The number of aromatic nitrogens is 2. The van der Waals surface area contributed by atoms with Crippen LogP contribution in [0.2, 0.25) is 0 Å². The van der Waals surface area contributed by atoms with Crippen LogP contribution in [0.25, 0.3) is 0 Å². The zero-order chi connectivity index (χ0) is 22.0. The summed E-state index contributed by atoms with van der Waals surface area (Å²) in [6.07, 6.45) is 3.39. The van der Waals surface area contributed by atoms with E-state index in [0.717, 1.165) is 35.5 Å². The summed E-state index contributed by atoms with van der Waals surface area (Å²) in [7, 11) is 1.82. The molecule has 164 valence electrons. The summed E-state index contributed by atoms with van der Waals surface area (Å²) < 4.78 is 13.1. The fourth-order valence-corrected chi connectivity index (χ4v) is 4.44. The van der Waals surface area contributed by atoms with Crippen LogP contribution < -0.4 is 5.32 Å². The molecule has 1 aromatic carbocycles. The molecule has 31 heavy (non-hydrogen) atoms. The Kier molecular flexibility index (Phi) is 6.15. The number of likely N-dealkylation sites (tertiary alicyclic amines) is 1. The molecule has 2 aliphatic rings. The van der Waals surface area contributed by atoms with Gasteiger partial charge in [0.2, 0.25) is 11.8 Å². The molecule has 0 unspecified atom stereocenters. The maximum atomic E-state index is 13.1. The van der Waals surface area contributed by atoms with E-state index in [0.29, 0.717) is 44.7 Å². The minimum Gasteiger partial charge on any atom is -0.373 e. The van der Waals surface area contributed by atoms with Crippen LogP contribution in [0.3, 0.4) is 0 Å². The third-order valence-corrected chi connectivity index (χ3v) is 6.17. The number of halogens is 1. The molecule has 0 bridgehead atoms. The highest BCUT2D eigenvalue weighted by Crippen LogP contribution is 2.33. The minimum atomic E-state index is -0.272. The van der Waals surface area contributed by atoms with Gasteiger partial charge < -0.3 is 15.1 Å². The van der Waals surface area contributed by atoms with Crippen molar-refractivity contribution in [2.45, 2.75) is 51.6 Å². The van der Waals surface area contributed by atoms with Gasteiger partial charge in [-0.2, -0.15) is 0 Å². The first kappa shape index (κ1) is 21.2. The lowest BCUT2D eigenvalue weighted by molar-refractivity contribution is -0.132. The smallest absolute Gasteiger partial charge is 0.223 e. The van der Waals surface area contributed by atoms with Crippen LogP contribution in [0.5, 0.6) is 0 Å². The van der Waals surface area contributed by atoms with Crippen molar-refractivity contribution >= 4 is 17.6 Å². The minimum absolute atomic E-state index is 0.0468. The molecule has 1 atom stereocenters. The second-order valence-electron chi connectivity index (χ2n) is 8.17. The Bertz CT molecular complexity index is 961. The monoisotopic (exact) mass is 425 g/mol. The molecule has 1 fully saturated rings. The molecular formula is C23H28FN5O2. The van der Waals surface area contributed by atoms with Crippen molar-refractivity contribution < 1.29 is 14.0 Å². The summed E-state index contributed by atoms with van der Waals surface area (Å²) >= 11 is 0. The van der Waals surface area contributed by atoms with E-state index in [4.69, 9.17) is 9.97 Å². The van der Waals surface area contributed by atoms with E-state index < -0.39 is 0 Å². The van der Waals surface area contributed by atoms with Gasteiger partial charge in [-0.05, 0) is 37.0 Å². The van der Waals surface area contributed by atoms with Crippen molar-refractivity contribution in [1.29, 1.82) is 0 Å². The van der Waals surface area contributed by atoms with Crippen molar-refractivity contribution in [1.82, 2.24) is 19.8 Å². The quantitative estimate of drug-likeness (QED) is 0.797. The SMILES string of the molecule is CNc1nc([C@@H]2CCCN2C(=O)CCc2ccc(F)cc2)nc2c1CN(C(C)=O)CC2. The van der Waals surface area contributed by atoms with Crippen molar-refractivity contribution in [3.63, 3.8) is 0 Å². The highest BCUT2D eigenvalue weighted by atomic mass is 19.1. The summed E-state index contributed by atoms with van der Waals surface area (Å²) in [6, 6.07) is 6.15. The lowest BCUT2D eigenvalue weighted by Crippen LogP contribution is -2.36. The van der Waals surface area contributed by atoms with Crippen molar-refractivity contribution in [3.8, 4) is 0 Å². The molecule has 3 heterocycles. The number of anilines is 1. The number of carbonyl (C=O) groups excluding carboxylic acids is 2. The first-order valence-electron chi connectivity index (χ1n) is 10.8. The van der Waals surface area contributed by atoms with Gasteiger partial charge in [-0.3, -0.25) is 9.59 Å². The molecule has 1 saturated heterocycles. The Morgan fingerprint density at radius 2 is 1.97 bits per heavy atom. The molecule has 0 aliphatic carbocycles. The fraction of sp³-hybridized carbons (Fsp3) is 0.478. The Morgan fingerprint density at radius 1 is 1.19 bits per heavy atom. The molecule has 8 heteroatoms. The Hall–Kier alpha value is -3.03. The van der Waals surface area contributed by atoms with Gasteiger partial charge in [0.05, 0.1) is 18.3 Å². The normalized spacial score (nSPS) is 18.1. The van der Waals surface area contributed by atoms with E-state index in [2.05, 4.69) is 5.32 Å². The van der Waals surface area contributed by atoms with Crippen LogP contribution in [0.15, 0.2) is 24.3 Å². The fourth-order valence-electron chi connectivity index (χ4n) is 4.44. The predicted molar refractivity (Wildman–Crippen MR) is 115 cm³/mol. The molecule has 7 nitrogen and oxygen atoms in total. The highest BCUT2D eigenvalue weighted by molar-refractivity contribution is 5.77. The van der Waals surface area contributed by atoms with Gasteiger partial charge in [0.25, 0.3) is 0 Å². The first-order valence-corrected chi connectivity index (χ1v) is 10.8.